The average molecular weight is 370 g/mol. The highest BCUT2D eigenvalue weighted by molar-refractivity contribution is 7.16. The zero-order valence-corrected chi connectivity index (χ0v) is 15.8. The number of nitrogens with one attached hydrogen (secondary N) is 2. The van der Waals surface area contributed by atoms with Crippen LogP contribution in [0, 0.1) is 11.3 Å². The highest BCUT2D eigenvalue weighted by Gasteiger charge is 2.22. The molecule has 7 heteroatoms. The molecule has 1 aliphatic carbocycles. The Morgan fingerprint density at radius 1 is 1.35 bits per heavy atom. The molecule has 0 saturated carbocycles. The van der Waals surface area contributed by atoms with Crippen LogP contribution < -0.4 is 15.4 Å². The molecule has 0 saturated heterocycles. The van der Waals surface area contributed by atoms with Crippen LogP contribution in [-0.2, 0) is 17.6 Å². The van der Waals surface area contributed by atoms with Gasteiger partial charge in [-0.25, -0.2) is 4.98 Å². The Hall–Kier alpha value is -2.59. The van der Waals surface area contributed by atoms with Crippen LogP contribution in [0.2, 0.25) is 0 Å². The molecule has 0 bridgehead atoms. The van der Waals surface area contributed by atoms with Gasteiger partial charge in [0.15, 0.2) is 0 Å². The summed E-state index contributed by atoms with van der Waals surface area (Å²) in [7, 11) is 1.56. The van der Waals surface area contributed by atoms with E-state index < -0.39 is 6.04 Å². The molecule has 136 valence electrons. The Balaban J connectivity index is 1.70. The second-order valence-electron chi connectivity index (χ2n) is 6.32. The number of hydrogen-bond donors (Lipinski definition) is 2. The molecule has 0 radical (unpaired) electrons. The molecule has 6 nitrogen and oxygen atoms in total. The first kappa shape index (κ1) is 18.2. The minimum atomic E-state index is -0.460. The highest BCUT2D eigenvalue weighted by atomic mass is 32.1. The van der Waals surface area contributed by atoms with E-state index in [-0.39, 0.29) is 5.91 Å². The van der Waals surface area contributed by atoms with E-state index in [0.29, 0.717) is 16.4 Å². The fourth-order valence-electron chi connectivity index (χ4n) is 3.07. The molecule has 0 fully saturated rings. The minimum Gasteiger partial charge on any atom is -0.481 e. The number of rotatable bonds is 5. The number of methoxy groups -OCH3 is 1. The van der Waals surface area contributed by atoms with Crippen LogP contribution in [-0.4, -0.2) is 24.0 Å². The number of thiophene rings is 1. The average Bonchev–Trinajstić information content (AvgIpc) is 2.81. The van der Waals surface area contributed by atoms with Crippen LogP contribution in [0.25, 0.3) is 0 Å². The van der Waals surface area contributed by atoms with E-state index in [1.54, 1.807) is 37.6 Å². The van der Waals surface area contributed by atoms with Crippen molar-refractivity contribution in [3.63, 3.8) is 0 Å². The molecule has 1 atom stereocenters. The van der Waals surface area contributed by atoms with Crippen molar-refractivity contribution in [2.75, 3.05) is 17.7 Å². The van der Waals surface area contributed by atoms with Gasteiger partial charge in [-0.2, -0.15) is 5.26 Å². The Bertz CT molecular complexity index is 823. The van der Waals surface area contributed by atoms with Crippen LogP contribution >= 0.6 is 11.3 Å². The summed E-state index contributed by atoms with van der Waals surface area (Å²) in [4.78, 5) is 17.9. The molecule has 2 aromatic rings. The summed E-state index contributed by atoms with van der Waals surface area (Å²) in [6.07, 6.45) is 7.00. The maximum Gasteiger partial charge on any atom is 0.247 e. The van der Waals surface area contributed by atoms with Gasteiger partial charge in [-0.05, 0) is 44.2 Å². The third-order valence-electron chi connectivity index (χ3n) is 4.49. The van der Waals surface area contributed by atoms with Crippen molar-refractivity contribution in [1.82, 2.24) is 4.98 Å². The van der Waals surface area contributed by atoms with Gasteiger partial charge in [0, 0.05) is 10.9 Å². The fraction of sp³-hybridized carbons (Fsp3) is 0.421. The van der Waals surface area contributed by atoms with Crippen LogP contribution in [0.5, 0.6) is 5.88 Å². The van der Waals surface area contributed by atoms with Gasteiger partial charge in [0.25, 0.3) is 0 Å². The summed E-state index contributed by atoms with van der Waals surface area (Å²) < 4.78 is 5.03. The number of hydrogen-bond acceptors (Lipinski definition) is 6. The van der Waals surface area contributed by atoms with Crippen molar-refractivity contribution in [1.29, 1.82) is 5.26 Å². The van der Waals surface area contributed by atoms with Crippen molar-refractivity contribution in [2.24, 2.45) is 0 Å². The number of carbonyl (C=O) groups is 1. The number of pyridine rings is 1. The SMILES string of the molecule is COc1ccc(N[C@@H](C)C(=O)Nc2sc3c(c2C#N)CCCCC3)cn1. The molecule has 0 aliphatic heterocycles. The van der Waals surface area contributed by atoms with E-state index in [2.05, 4.69) is 21.7 Å². The number of anilines is 2. The van der Waals surface area contributed by atoms with Gasteiger partial charge in [0.2, 0.25) is 11.8 Å². The maximum absolute atomic E-state index is 12.6. The molecule has 0 spiro atoms. The Labute approximate surface area is 157 Å². The maximum atomic E-state index is 12.6. The molecule has 2 heterocycles. The largest absolute Gasteiger partial charge is 0.481 e. The van der Waals surface area contributed by atoms with Gasteiger partial charge in [0.1, 0.15) is 17.1 Å². The molecule has 1 amide bonds. The topological polar surface area (TPSA) is 87.0 Å². The van der Waals surface area contributed by atoms with Gasteiger partial charge < -0.3 is 15.4 Å². The fourth-order valence-corrected chi connectivity index (χ4v) is 4.31. The number of fused-ring (bicyclic) bond motifs is 1. The molecule has 0 aromatic carbocycles. The summed E-state index contributed by atoms with van der Waals surface area (Å²) in [5, 5.41) is 16.3. The molecule has 2 aromatic heterocycles. The quantitative estimate of drug-likeness (QED) is 0.783. The van der Waals surface area contributed by atoms with Crippen molar-refractivity contribution in [2.45, 2.75) is 45.1 Å². The van der Waals surface area contributed by atoms with Crippen molar-refractivity contribution in [3.8, 4) is 11.9 Å². The third-order valence-corrected chi connectivity index (χ3v) is 5.70. The molecule has 2 N–H and O–H groups in total. The van der Waals surface area contributed by atoms with Crippen LogP contribution in [0.1, 0.15) is 42.2 Å². The first-order chi connectivity index (χ1) is 12.6. The van der Waals surface area contributed by atoms with Crippen LogP contribution in [0.3, 0.4) is 0 Å². The summed E-state index contributed by atoms with van der Waals surface area (Å²) in [6, 6.07) is 5.37. The van der Waals surface area contributed by atoms with E-state index in [9.17, 15) is 10.1 Å². The van der Waals surface area contributed by atoms with Gasteiger partial charge in [-0.3, -0.25) is 4.79 Å². The lowest BCUT2D eigenvalue weighted by molar-refractivity contribution is -0.116. The van der Waals surface area contributed by atoms with Crippen molar-refractivity contribution in [3.05, 3.63) is 34.3 Å². The molecular formula is C19H22N4O2S. The van der Waals surface area contributed by atoms with E-state index in [1.165, 1.54) is 11.3 Å². The van der Waals surface area contributed by atoms with Gasteiger partial charge in [-0.1, -0.05) is 6.42 Å². The Kier molecular flexibility index (Phi) is 5.74. The predicted molar refractivity (Wildman–Crippen MR) is 103 cm³/mol. The Morgan fingerprint density at radius 2 is 2.15 bits per heavy atom. The number of aromatic nitrogens is 1. The lowest BCUT2D eigenvalue weighted by Gasteiger charge is -2.14. The van der Waals surface area contributed by atoms with Crippen molar-refractivity contribution < 1.29 is 9.53 Å². The number of aryl methyl sites for hydroxylation is 1. The predicted octanol–water partition coefficient (Wildman–Crippen LogP) is 3.73. The zero-order valence-electron chi connectivity index (χ0n) is 15.0. The number of nitriles is 1. The van der Waals surface area contributed by atoms with Crippen LogP contribution in [0.15, 0.2) is 18.3 Å². The third kappa shape index (κ3) is 3.97. The monoisotopic (exact) mass is 370 g/mol. The molecule has 26 heavy (non-hydrogen) atoms. The smallest absolute Gasteiger partial charge is 0.247 e. The minimum absolute atomic E-state index is 0.172. The van der Waals surface area contributed by atoms with Gasteiger partial charge >= 0.3 is 0 Å². The number of nitrogens with zero attached hydrogens (tertiary/aromatic N) is 2. The number of ether oxygens (including phenoxy) is 1. The van der Waals surface area contributed by atoms with E-state index in [0.717, 1.165) is 36.9 Å². The van der Waals surface area contributed by atoms with E-state index >= 15 is 0 Å². The first-order valence-corrected chi connectivity index (χ1v) is 9.56. The molecule has 1 aliphatic rings. The molecular weight excluding hydrogens is 348 g/mol. The second kappa shape index (κ2) is 8.19. The summed E-state index contributed by atoms with van der Waals surface area (Å²) in [5.74, 6) is 0.347. The summed E-state index contributed by atoms with van der Waals surface area (Å²) in [5.41, 5.74) is 2.50. The Morgan fingerprint density at radius 3 is 2.85 bits per heavy atom. The lowest BCUT2D eigenvalue weighted by atomic mass is 10.1. The second-order valence-corrected chi connectivity index (χ2v) is 7.43. The molecule has 3 rings (SSSR count). The summed E-state index contributed by atoms with van der Waals surface area (Å²) in [6.45, 7) is 1.78. The van der Waals surface area contributed by atoms with E-state index in [4.69, 9.17) is 4.74 Å². The van der Waals surface area contributed by atoms with Crippen molar-refractivity contribution >= 4 is 27.9 Å². The van der Waals surface area contributed by atoms with Crippen LogP contribution in [0.4, 0.5) is 10.7 Å². The van der Waals surface area contributed by atoms with Gasteiger partial charge in [0.05, 0.1) is 24.6 Å². The van der Waals surface area contributed by atoms with Gasteiger partial charge in [-0.15, -0.1) is 11.3 Å². The standard InChI is InChI=1S/C19H22N4O2S/c1-12(22-13-8-9-17(25-2)21-11-13)18(24)23-19-15(10-20)14-6-4-3-5-7-16(14)26-19/h8-9,11-12,22H,3-7H2,1-2H3,(H,23,24)/t12-/m0/s1. The zero-order chi connectivity index (χ0) is 18.5. The van der Waals surface area contributed by atoms with E-state index in [1.807, 2.05) is 6.07 Å². The highest BCUT2D eigenvalue weighted by Crippen LogP contribution is 2.37. The molecule has 0 unspecified atom stereocenters. The first-order valence-electron chi connectivity index (χ1n) is 8.74. The lowest BCUT2D eigenvalue weighted by Crippen LogP contribution is -2.31. The number of carbonyl (C=O) groups excluding carboxylic acids is 1. The number of amides is 1. The summed E-state index contributed by atoms with van der Waals surface area (Å²) >= 11 is 1.55. The normalized spacial score (nSPS) is 14.5.